The normalized spacial score (nSPS) is 11.3. The van der Waals surface area contributed by atoms with E-state index in [0.717, 1.165) is 27.2 Å². The third-order valence-electron chi connectivity index (χ3n) is 8.01. The standard InChI is InChI=1S/C40H26N2S/c1-2-14-36-28(7-1)8-5-15-37(36)29-18-16-27(17-19-29)33-20-21-39-38(25-33)42-40(43-39)34-12-4-10-31(24-34)30-9-3-11-32(23-30)35-13-6-22-41-26-35/h1-26H. The van der Waals surface area contributed by atoms with Gasteiger partial charge in [0.2, 0.25) is 0 Å². The van der Waals surface area contributed by atoms with Crippen molar-refractivity contribution >= 4 is 32.3 Å². The molecule has 0 aliphatic carbocycles. The lowest BCUT2D eigenvalue weighted by Crippen LogP contribution is -1.84. The van der Waals surface area contributed by atoms with E-state index in [1.807, 2.05) is 12.3 Å². The molecule has 2 aromatic heterocycles. The molecule has 0 fully saturated rings. The predicted molar refractivity (Wildman–Crippen MR) is 182 cm³/mol. The first-order valence-corrected chi connectivity index (χ1v) is 15.2. The Morgan fingerprint density at radius 2 is 1.07 bits per heavy atom. The van der Waals surface area contributed by atoms with Crippen molar-refractivity contribution in [2.75, 3.05) is 0 Å². The highest BCUT2D eigenvalue weighted by Gasteiger charge is 2.11. The van der Waals surface area contributed by atoms with E-state index in [2.05, 4.69) is 145 Å². The number of benzene rings is 6. The first kappa shape index (κ1) is 25.3. The molecule has 0 aliphatic heterocycles. The van der Waals surface area contributed by atoms with Crippen LogP contribution in [0.3, 0.4) is 0 Å². The summed E-state index contributed by atoms with van der Waals surface area (Å²) < 4.78 is 1.19. The van der Waals surface area contributed by atoms with Crippen LogP contribution in [-0.4, -0.2) is 9.97 Å². The Labute approximate surface area is 254 Å². The van der Waals surface area contributed by atoms with Gasteiger partial charge in [-0.25, -0.2) is 4.98 Å². The lowest BCUT2D eigenvalue weighted by Gasteiger charge is -2.08. The third-order valence-corrected chi connectivity index (χ3v) is 9.09. The number of hydrogen-bond acceptors (Lipinski definition) is 3. The smallest absolute Gasteiger partial charge is 0.124 e. The number of aromatic nitrogens is 2. The van der Waals surface area contributed by atoms with Gasteiger partial charge in [-0.05, 0) is 80.0 Å². The molecule has 0 saturated heterocycles. The average molecular weight is 567 g/mol. The third kappa shape index (κ3) is 4.90. The summed E-state index contributed by atoms with van der Waals surface area (Å²) in [5.41, 5.74) is 11.6. The Morgan fingerprint density at radius 3 is 1.88 bits per heavy atom. The second kappa shape index (κ2) is 10.8. The number of fused-ring (bicyclic) bond motifs is 2. The number of pyridine rings is 1. The number of nitrogens with zero attached hydrogens (tertiary/aromatic N) is 2. The second-order valence-corrected chi connectivity index (χ2v) is 11.7. The topological polar surface area (TPSA) is 25.8 Å². The Hall–Kier alpha value is -5.38. The van der Waals surface area contributed by atoms with E-state index in [1.165, 1.54) is 48.9 Å². The van der Waals surface area contributed by atoms with Crippen LogP contribution < -0.4 is 0 Å². The SMILES string of the molecule is c1cncc(-c2cccc(-c3cccc(-c4nc5cc(-c6ccc(-c7cccc8ccccc78)cc6)ccc5s4)c3)c2)c1. The van der Waals surface area contributed by atoms with Crippen molar-refractivity contribution in [3.8, 4) is 55.1 Å². The van der Waals surface area contributed by atoms with Crippen LogP contribution in [0, 0.1) is 0 Å². The minimum atomic E-state index is 1.03. The van der Waals surface area contributed by atoms with Crippen molar-refractivity contribution in [3.05, 3.63) is 158 Å². The summed E-state index contributed by atoms with van der Waals surface area (Å²) in [4.78, 5) is 9.36. The Balaban J connectivity index is 1.09. The molecular formula is C40H26N2S. The van der Waals surface area contributed by atoms with Crippen molar-refractivity contribution in [2.45, 2.75) is 0 Å². The van der Waals surface area contributed by atoms with Gasteiger partial charge < -0.3 is 0 Å². The lowest BCUT2D eigenvalue weighted by atomic mass is 9.96. The van der Waals surface area contributed by atoms with Crippen LogP contribution >= 0.6 is 11.3 Å². The van der Waals surface area contributed by atoms with E-state index in [-0.39, 0.29) is 0 Å². The van der Waals surface area contributed by atoms with Gasteiger partial charge in [0.15, 0.2) is 0 Å². The van der Waals surface area contributed by atoms with Crippen molar-refractivity contribution in [2.24, 2.45) is 0 Å². The number of thiazole rings is 1. The molecule has 6 aromatic carbocycles. The van der Waals surface area contributed by atoms with E-state index < -0.39 is 0 Å². The minimum absolute atomic E-state index is 1.03. The van der Waals surface area contributed by atoms with Gasteiger partial charge >= 0.3 is 0 Å². The van der Waals surface area contributed by atoms with Crippen molar-refractivity contribution in [1.82, 2.24) is 9.97 Å². The van der Waals surface area contributed by atoms with Crippen LogP contribution in [0.15, 0.2) is 158 Å². The van der Waals surface area contributed by atoms with Crippen LogP contribution in [0.1, 0.15) is 0 Å². The van der Waals surface area contributed by atoms with Crippen molar-refractivity contribution in [3.63, 3.8) is 0 Å². The summed E-state index contributed by atoms with van der Waals surface area (Å²) in [7, 11) is 0. The van der Waals surface area contributed by atoms with E-state index in [4.69, 9.17) is 4.98 Å². The lowest BCUT2D eigenvalue weighted by molar-refractivity contribution is 1.33. The molecule has 8 rings (SSSR count). The zero-order chi connectivity index (χ0) is 28.6. The fourth-order valence-electron chi connectivity index (χ4n) is 5.79. The molecule has 0 unspecified atom stereocenters. The van der Waals surface area contributed by atoms with Crippen molar-refractivity contribution in [1.29, 1.82) is 0 Å². The maximum absolute atomic E-state index is 5.08. The summed E-state index contributed by atoms with van der Waals surface area (Å²) in [5, 5.41) is 3.57. The van der Waals surface area contributed by atoms with Gasteiger partial charge in [-0.1, -0.05) is 115 Å². The highest BCUT2D eigenvalue weighted by atomic mass is 32.1. The fourth-order valence-corrected chi connectivity index (χ4v) is 6.74. The minimum Gasteiger partial charge on any atom is -0.264 e. The maximum Gasteiger partial charge on any atom is 0.124 e. The summed E-state index contributed by atoms with van der Waals surface area (Å²) in [5.74, 6) is 0. The molecule has 3 heteroatoms. The Kier molecular flexibility index (Phi) is 6.36. The monoisotopic (exact) mass is 566 g/mol. The van der Waals surface area contributed by atoms with Crippen LogP contribution in [0.25, 0.3) is 76.1 Å². The molecule has 0 aliphatic rings. The van der Waals surface area contributed by atoms with Gasteiger partial charge in [0.1, 0.15) is 5.01 Å². The Morgan fingerprint density at radius 1 is 0.442 bits per heavy atom. The van der Waals surface area contributed by atoms with Gasteiger partial charge in [-0.15, -0.1) is 11.3 Å². The van der Waals surface area contributed by atoms with Crippen LogP contribution in [-0.2, 0) is 0 Å². The fraction of sp³-hybridized carbons (Fsp3) is 0. The Bertz CT molecular complexity index is 2230. The van der Waals surface area contributed by atoms with Crippen LogP contribution in [0.4, 0.5) is 0 Å². The summed E-state index contributed by atoms with van der Waals surface area (Å²) in [6, 6.07) is 52.0. The molecule has 202 valence electrons. The molecule has 0 radical (unpaired) electrons. The molecule has 43 heavy (non-hydrogen) atoms. The molecule has 2 heterocycles. The summed E-state index contributed by atoms with van der Waals surface area (Å²) in [6.07, 6.45) is 3.71. The van der Waals surface area contributed by atoms with E-state index in [1.54, 1.807) is 17.5 Å². The molecule has 0 saturated carbocycles. The van der Waals surface area contributed by atoms with Gasteiger partial charge in [0, 0.05) is 23.5 Å². The zero-order valence-electron chi connectivity index (χ0n) is 23.3. The zero-order valence-corrected chi connectivity index (χ0v) is 24.1. The number of hydrogen-bond donors (Lipinski definition) is 0. The van der Waals surface area contributed by atoms with E-state index in [0.29, 0.717) is 0 Å². The molecule has 0 atom stereocenters. The number of rotatable bonds is 5. The molecular weight excluding hydrogens is 541 g/mol. The average Bonchev–Trinajstić information content (AvgIpc) is 3.53. The first-order valence-electron chi connectivity index (χ1n) is 14.4. The molecule has 2 nitrogen and oxygen atoms in total. The molecule has 0 amide bonds. The van der Waals surface area contributed by atoms with Gasteiger partial charge in [0.25, 0.3) is 0 Å². The van der Waals surface area contributed by atoms with E-state index in [9.17, 15) is 0 Å². The van der Waals surface area contributed by atoms with E-state index >= 15 is 0 Å². The molecule has 0 N–H and O–H groups in total. The molecule has 8 aromatic rings. The first-order chi connectivity index (χ1) is 21.3. The highest BCUT2D eigenvalue weighted by Crippen LogP contribution is 2.36. The molecule has 0 spiro atoms. The second-order valence-electron chi connectivity index (χ2n) is 10.7. The van der Waals surface area contributed by atoms with Crippen LogP contribution in [0.5, 0.6) is 0 Å². The maximum atomic E-state index is 5.08. The molecule has 0 bridgehead atoms. The van der Waals surface area contributed by atoms with Gasteiger partial charge in [-0.3, -0.25) is 4.98 Å². The quantitative estimate of drug-likeness (QED) is 0.207. The largest absolute Gasteiger partial charge is 0.264 e. The van der Waals surface area contributed by atoms with Crippen LogP contribution in [0.2, 0.25) is 0 Å². The van der Waals surface area contributed by atoms with Crippen molar-refractivity contribution < 1.29 is 0 Å². The predicted octanol–water partition coefficient (Wildman–Crippen LogP) is 11.2. The highest BCUT2D eigenvalue weighted by molar-refractivity contribution is 7.21. The summed E-state index contributed by atoms with van der Waals surface area (Å²) in [6.45, 7) is 0. The summed E-state index contributed by atoms with van der Waals surface area (Å²) >= 11 is 1.74. The van der Waals surface area contributed by atoms with Gasteiger partial charge in [0.05, 0.1) is 10.2 Å². The van der Waals surface area contributed by atoms with Gasteiger partial charge in [-0.2, -0.15) is 0 Å².